The molecule has 0 unspecified atom stereocenters. The highest BCUT2D eigenvalue weighted by molar-refractivity contribution is 7.22. The van der Waals surface area contributed by atoms with Gasteiger partial charge in [-0.2, -0.15) is 15.6 Å². The SMILES string of the molecule is N#Cc1n[nH]nc1-c1ccc(-c2cc3ccccc3s2)o1. The summed E-state index contributed by atoms with van der Waals surface area (Å²) in [6.07, 6.45) is 0. The third-order valence-electron chi connectivity index (χ3n) is 3.16. The molecular weight excluding hydrogens is 284 g/mol. The van der Waals surface area contributed by atoms with Crippen molar-refractivity contribution in [1.82, 2.24) is 15.4 Å². The van der Waals surface area contributed by atoms with Gasteiger partial charge in [0, 0.05) is 4.70 Å². The highest BCUT2D eigenvalue weighted by Gasteiger charge is 2.15. The molecule has 3 heterocycles. The number of nitrogens with one attached hydrogen (secondary N) is 1. The molecule has 0 saturated carbocycles. The number of nitriles is 1. The lowest BCUT2D eigenvalue weighted by Crippen LogP contribution is -1.78. The van der Waals surface area contributed by atoms with Crippen molar-refractivity contribution in [3.05, 3.63) is 48.2 Å². The normalized spacial score (nSPS) is 10.8. The van der Waals surface area contributed by atoms with Gasteiger partial charge in [0.05, 0.1) is 4.88 Å². The summed E-state index contributed by atoms with van der Waals surface area (Å²) in [5.74, 6) is 1.30. The molecule has 5 nitrogen and oxygen atoms in total. The standard InChI is InChI=1S/C15H8N4OS/c16-8-10-15(18-19-17-10)12-6-5-11(20-12)14-7-9-3-1-2-4-13(9)21-14/h1-7H,(H,17,18,19). The van der Waals surface area contributed by atoms with E-state index in [0.29, 0.717) is 11.5 Å². The van der Waals surface area contributed by atoms with E-state index in [-0.39, 0.29) is 5.69 Å². The Hall–Kier alpha value is -2.91. The molecule has 21 heavy (non-hydrogen) atoms. The highest BCUT2D eigenvalue weighted by Crippen LogP contribution is 2.36. The third-order valence-corrected chi connectivity index (χ3v) is 4.29. The molecule has 100 valence electrons. The Morgan fingerprint density at radius 1 is 1.10 bits per heavy atom. The maximum atomic E-state index is 8.98. The number of rotatable bonds is 2. The maximum Gasteiger partial charge on any atom is 0.193 e. The van der Waals surface area contributed by atoms with Crippen LogP contribution in [-0.2, 0) is 0 Å². The van der Waals surface area contributed by atoms with Gasteiger partial charge in [0.1, 0.15) is 11.8 Å². The topological polar surface area (TPSA) is 78.5 Å². The quantitative estimate of drug-likeness (QED) is 0.609. The van der Waals surface area contributed by atoms with E-state index in [1.165, 1.54) is 10.1 Å². The van der Waals surface area contributed by atoms with E-state index in [0.717, 1.165) is 10.6 Å². The van der Waals surface area contributed by atoms with Crippen LogP contribution in [0.3, 0.4) is 0 Å². The van der Waals surface area contributed by atoms with Gasteiger partial charge >= 0.3 is 0 Å². The molecule has 0 fully saturated rings. The van der Waals surface area contributed by atoms with Crippen molar-refractivity contribution in [2.45, 2.75) is 0 Å². The van der Waals surface area contributed by atoms with Gasteiger partial charge in [-0.25, -0.2) is 0 Å². The summed E-state index contributed by atoms with van der Waals surface area (Å²) in [7, 11) is 0. The zero-order chi connectivity index (χ0) is 14.2. The molecule has 0 bridgehead atoms. The minimum absolute atomic E-state index is 0.229. The van der Waals surface area contributed by atoms with Crippen LogP contribution in [0.1, 0.15) is 5.69 Å². The first-order valence-electron chi connectivity index (χ1n) is 6.25. The number of H-pyrrole nitrogens is 1. The van der Waals surface area contributed by atoms with Gasteiger partial charge in [-0.3, -0.25) is 0 Å². The smallest absolute Gasteiger partial charge is 0.193 e. The Balaban J connectivity index is 1.79. The van der Waals surface area contributed by atoms with Gasteiger partial charge in [-0.1, -0.05) is 18.2 Å². The van der Waals surface area contributed by atoms with Crippen molar-refractivity contribution in [1.29, 1.82) is 5.26 Å². The van der Waals surface area contributed by atoms with Gasteiger partial charge in [0.25, 0.3) is 0 Å². The van der Waals surface area contributed by atoms with Crippen LogP contribution in [0.15, 0.2) is 46.9 Å². The van der Waals surface area contributed by atoms with Crippen LogP contribution >= 0.6 is 11.3 Å². The Bertz CT molecular complexity index is 940. The van der Waals surface area contributed by atoms with Crippen LogP contribution in [-0.4, -0.2) is 15.4 Å². The molecule has 3 aromatic heterocycles. The second-order valence-corrected chi connectivity index (χ2v) is 5.53. The van der Waals surface area contributed by atoms with Crippen molar-refractivity contribution in [3.63, 3.8) is 0 Å². The molecule has 4 rings (SSSR count). The Morgan fingerprint density at radius 3 is 2.81 bits per heavy atom. The van der Waals surface area contributed by atoms with Crippen molar-refractivity contribution in [2.75, 3.05) is 0 Å². The van der Waals surface area contributed by atoms with Gasteiger partial charge in [0.2, 0.25) is 0 Å². The van der Waals surface area contributed by atoms with Crippen LogP contribution in [0.2, 0.25) is 0 Å². The van der Waals surface area contributed by atoms with E-state index in [1.807, 2.05) is 24.3 Å². The fraction of sp³-hybridized carbons (Fsp3) is 0. The van der Waals surface area contributed by atoms with Gasteiger partial charge in [-0.05, 0) is 29.7 Å². The number of aromatic nitrogens is 3. The van der Waals surface area contributed by atoms with E-state index in [9.17, 15) is 0 Å². The number of benzene rings is 1. The number of thiophene rings is 1. The monoisotopic (exact) mass is 292 g/mol. The van der Waals surface area contributed by atoms with Crippen molar-refractivity contribution in [3.8, 4) is 28.2 Å². The second-order valence-electron chi connectivity index (χ2n) is 4.44. The van der Waals surface area contributed by atoms with E-state index >= 15 is 0 Å². The summed E-state index contributed by atoms with van der Waals surface area (Å²) in [6, 6.07) is 16.0. The van der Waals surface area contributed by atoms with Crippen LogP contribution in [0, 0.1) is 11.3 Å². The molecule has 0 aliphatic carbocycles. The fourth-order valence-electron chi connectivity index (χ4n) is 2.18. The lowest BCUT2D eigenvalue weighted by atomic mass is 10.2. The zero-order valence-corrected chi connectivity index (χ0v) is 11.5. The third kappa shape index (κ3) is 1.91. The summed E-state index contributed by atoms with van der Waals surface area (Å²) in [5, 5.41) is 20.3. The van der Waals surface area contributed by atoms with Crippen molar-refractivity contribution in [2.24, 2.45) is 0 Å². The first-order valence-corrected chi connectivity index (χ1v) is 7.07. The molecule has 0 saturated heterocycles. The molecule has 0 atom stereocenters. The summed E-state index contributed by atoms with van der Waals surface area (Å²) in [5.41, 5.74) is 0.664. The van der Waals surface area contributed by atoms with E-state index < -0.39 is 0 Å². The zero-order valence-electron chi connectivity index (χ0n) is 10.7. The van der Waals surface area contributed by atoms with Gasteiger partial charge in [-0.15, -0.1) is 16.4 Å². The maximum absolute atomic E-state index is 8.98. The summed E-state index contributed by atoms with van der Waals surface area (Å²) in [6.45, 7) is 0. The first kappa shape index (κ1) is 11.9. The number of nitrogens with zero attached hydrogens (tertiary/aromatic N) is 3. The van der Waals surface area contributed by atoms with Crippen LogP contribution in [0.4, 0.5) is 0 Å². The molecule has 0 radical (unpaired) electrons. The Morgan fingerprint density at radius 2 is 1.95 bits per heavy atom. The number of fused-ring (bicyclic) bond motifs is 1. The van der Waals surface area contributed by atoms with Crippen LogP contribution < -0.4 is 0 Å². The Labute approximate surface area is 123 Å². The summed E-state index contributed by atoms with van der Waals surface area (Å²) >= 11 is 1.67. The first-order chi connectivity index (χ1) is 10.3. The predicted octanol–water partition coefficient (Wildman–Crippen LogP) is 3.82. The number of hydrogen-bond acceptors (Lipinski definition) is 5. The van der Waals surface area contributed by atoms with Gasteiger partial charge < -0.3 is 4.42 Å². The van der Waals surface area contributed by atoms with Crippen molar-refractivity contribution >= 4 is 21.4 Å². The summed E-state index contributed by atoms with van der Waals surface area (Å²) < 4.78 is 7.04. The number of hydrogen-bond donors (Lipinski definition) is 1. The molecule has 0 aliphatic rings. The largest absolute Gasteiger partial charge is 0.453 e. The Kier molecular flexibility index (Phi) is 2.59. The predicted molar refractivity (Wildman–Crippen MR) is 79.6 cm³/mol. The van der Waals surface area contributed by atoms with Crippen molar-refractivity contribution < 1.29 is 4.42 Å². The molecule has 1 aromatic carbocycles. The fourth-order valence-corrected chi connectivity index (χ4v) is 3.21. The molecular formula is C15H8N4OS. The lowest BCUT2D eigenvalue weighted by molar-refractivity contribution is 0.596. The van der Waals surface area contributed by atoms with Crippen LogP contribution in [0.5, 0.6) is 0 Å². The molecule has 0 amide bonds. The minimum Gasteiger partial charge on any atom is -0.453 e. The number of aromatic amines is 1. The van der Waals surface area contributed by atoms with Gasteiger partial charge in [0.15, 0.2) is 17.1 Å². The molecule has 0 spiro atoms. The average Bonchev–Trinajstić information content (AvgIpc) is 3.23. The van der Waals surface area contributed by atoms with E-state index in [4.69, 9.17) is 9.68 Å². The molecule has 4 aromatic rings. The highest BCUT2D eigenvalue weighted by atomic mass is 32.1. The van der Waals surface area contributed by atoms with E-state index in [2.05, 4.69) is 33.6 Å². The average molecular weight is 292 g/mol. The minimum atomic E-state index is 0.229. The summed E-state index contributed by atoms with van der Waals surface area (Å²) in [4.78, 5) is 1.05. The molecule has 0 aliphatic heterocycles. The molecule has 6 heteroatoms. The van der Waals surface area contributed by atoms with E-state index in [1.54, 1.807) is 17.4 Å². The lowest BCUT2D eigenvalue weighted by Gasteiger charge is -1.91. The van der Waals surface area contributed by atoms with Crippen LogP contribution in [0.25, 0.3) is 32.2 Å². The second kappa shape index (κ2) is 4.58. The number of furan rings is 1. The molecule has 1 N–H and O–H groups in total.